The maximum absolute atomic E-state index is 11.5. The zero-order chi connectivity index (χ0) is 13.5. The molecule has 0 aliphatic heterocycles. The summed E-state index contributed by atoms with van der Waals surface area (Å²) in [5.41, 5.74) is 2.02. The van der Waals surface area contributed by atoms with Gasteiger partial charge >= 0.3 is 0 Å². The molecule has 0 unspecified atom stereocenters. The third-order valence-corrected chi connectivity index (χ3v) is 2.84. The third kappa shape index (κ3) is 3.91. The number of hydrogen-bond acceptors (Lipinski definition) is 5. The van der Waals surface area contributed by atoms with Crippen LogP contribution in [0.2, 0.25) is 0 Å². The summed E-state index contributed by atoms with van der Waals surface area (Å²) >= 11 is 0. The number of rotatable bonds is 6. The standard InChI is InChI=1S/C14H16N4O/c1-2-3-13(19)9-6-11-4-7-12(8-5-11)14-17-15-10-16-18-14/h4-5,7-8,10H,2-3,6,9H2,1H3. The van der Waals surface area contributed by atoms with Crippen LogP contribution in [0.1, 0.15) is 31.7 Å². The highest BCUT2D eigenvalue weighted by molar-refractivity contribution is 5.78. The van der Waals surface area contributed by atoms with Crippen molar-refractivity contribution < 1.29 is 4.79 Å². The number of aryl methyl sites for hydroxylation is 1. The van der Waals surface area contributed by atoms with E-state index >= 15 is 0 Å². The van der Waals surface area contributed by atoms with Gasteiger partial charge in [0.1, 0.15) is 5.78 Å². The van der Waals surface area contributed by atoms with Crippen molar-refractivity contribution in [3.63, 3.8) is 0 Å². The van der Waals surface area contributed by atoms with Crippen molar-refractivity contribution in [3.05, 3.63) is 36.2 Å². The third-order valence-electron chi connectivity index (χ3n) is 2.84. The number of nitrogens with zero attached hydrogens (tertiary/aromatic N) is 4. The predicted molar refractivity (Wildman–Crippen MR) is 71.3 cm³/mol. The van der Waals surface area contributed by atoms with E-state index in [1.54, 1.807) is 0 Å². The molecule has 0 saturated heterocycles. The molecular formula is C14H16N4O. The van der Waals surface area contributed by atoms with Crippen molar-refractivity contribution in [1.82, 2.24) is 20.4 Å². The van der Waals surface area contributed by atoms with Crippen molar-refractivity contribution in [2.75, 3.05) is 0 Å². The largest absolute Gasteiger partial charge is 0.300 e. The molecule has 98 valence electrons. The summed E-state index contributed by atoms with van der Waals surface area (Å²) in [4.78, 5) is 11.5. The van der Waals surface area contributed by atoms with Crippen molar-refractivity contribution in [3.8, 4) is 11.4 Å². The van der Waals surface area contributed by atoms with Gasteiger partial charge in [0, 0.05) is 18.4 Å². The fourth-order valence-corrected chi connectivity index (χ4v) is 1.83. The summed E-state index contributed by atoms with van der Waals surface area (Å²) in [6.45, 7) is 2.02. The molecular weight excluding hydrogens is 240 g/mol. The Balaban J connectivity index is 1.97. The van der Waals surface area contributed by atoms with Crippen molar-refractivity contribution in [2.24, 2.45) is 0 Å². The minimum Gasteiger partial charge on any atom is -0.300 e. The summed E-state index contributed by atoms with van der Waals surface area (Å²) in [7, 11) is 0. The highest BCUT2D eigenvalue weighted by Crippen LogP contribution is 2.15. The molecule has 5 nitrogen and oxygen atoms in total. The molecule has 5 heteroatoms. The van der Waals surface area contributed by atoms with E-state index in [0.29, 0.717) is 24.4 Å². The predicted octanol–water partition coefficient (Wildman–Crippen LogP) is 2.24. The van der Waals surface area contributed by atoms with E-state index in [9.17, 15) is 4.79 Å². The lowest BCUT2D eigenvalue weighted by Gasteiger charge is -2.02. The molecule has 0 spiro atoms. The smallest absolute Gasteiger partial charge is 0.203 e. The van der Waals surface area contributed by atoms with Crippen molar-refractivity contribution in [2.45, 2.75) is 32.6 Å². The highest BCUT2D eigenvalue weighted by atomic mass is 16.1. The van der Waals surface area contributed by atoms with Gasteiger partial charge in [-0.3, -0.25) is 4.79 Å². The van der Waals surface area contributed by atoms with Crippen LogP contribution in [0.3, 0.4) is 0 Å². The Bertz CT molecular complexity index is 525. The Hall–Kier alpha value is -2.17. The maximum atomic E-state index is 11.5. The summed E-state index contributed by atoms with van der Waals surface area (Å²) in [6.07, 6.45) is 4.29. The van der Waals surface area contributed by atoms with Gasteiger partial charge in [0.2, 0.25) is 5.82 Å². The van der Waals surface area contributed by atoms with Crippen LogP contribution in [0.15, 0.2) is 30.6 Å². The molecule has 2 aromatic rings. The van der Waals surface area contributed by atoms with Gasteiger partial charge in [-0.1, -0.05) is 31.2 Å². The van der Waals surface area contributed by atoms with Crippen LogP contribution in [0.5, 0.6) is 0 Å². The van der Waals surface area contributed by atoms with Crippen LogP contribution in [-0.2, 0) is 11.2 Å². The van der Waals surface area contributed by atoms with E-state index in [4.69, 9.17) is 0 Å². The number of carbonyl (C=O) groups excluding carboxylic acids is 1. The summed E-state index contributed by atoms with van der Waals surface area (Å²) in [5, 5.41) is 15.2. The fourth-order valence-electron chi connectivity index (χ4n) is 1.83. The van der Waals surface area contributed by atoms with Gasteiger partial charge in [-0.25, -0.2) is 0 Å². The molecule has 1 heterocycles. The van der Waals surface area contributed by atoms with Crippen molar-refractivity contribution >= 4 is 5.78 Å². The van der Waals surface area contributed by atoms with Gasteiger partial charge in [0.25, 0.3) is 0 Å². The molecule has 0 fully saturated rings. The molecule has 0 aliphatic carbocycles. The van der Waals surface area contributed by atoms with Crippen molar-refractivity contribution in [1.29, 1.82) is 0 Å². The number of hydrogen-bond donors (Lipinski definition) is 0. The second kappa shape index (κ2) is 6.68. The number of ketones is 1. The lowest BCUT2D eigenvalue weighted by atomic mass is 10.0. The van der Waals surface area contributed by atoms with Gasteiger partial charge in [0.15, 0.2) is 6.33 Å². The van der Waals surface area contributed by atoms with E-state index in [2.05, 4.69) is 20.4 Å². The van der Waals surface area contributed by atoms with Crippen LogP contribution >= 0.6 is 0 Å². The topological polar surface area (TPSA) is 68.6 Å². The first kappa shape index (κ1) is 13.3. The van der Waals surface area contributed by atoms with Gasteiger partial charge in [-0.15, -0.1) is 20.4 Å². The molecule has 19 heavy (non-hydrogen) atoms. The Labute approximate surface area is 112 Å². The first-order valence-corrected chi connectivity index (χ1v) is 6.41. The lowest BCUT2D eigenvalue weighted by molar-refractivity contribution is -0.119. The number of Topliss-reactive ketones (excluding diaryl/α,β-unsaturated/α-hetero) is 1. The van der Waals surface area contributed by atoms with E-state index in [1.807, 2.05) is 31.2 Å². The molecule has 0 atom stereocenters. The molecule has 0 radical (unpaired) electrons. The lowest BCUT2D eigenvalue weighted by Crippen LogP contribution is -1.99. The monoisotopic (exact) mass is 256 g/mol. The van der Waals surface area contributed by atoms with Crippen LogP contribution in [0.25, 0.3) is 11.4 Å². The number of carbonyl (C=O) groups is 1. The van der Waals surface area contributed by atoms with Crippen LogP contribution in [0.4, 0.5) is 0 Å². The van der Waals surface area contributed by atoms with Gasteiger partial charge in [-0.05, 0) is 18.4 Å². The molecule has 0 aliphatic rings. The molecule has 1 aromatic heterocycles. The summed E-state index contributed by atoms with van der Waals surface area (Å²) < 4.78 is 0. The maximum Gasteiger partial charge on any atom is 0.203 e. The highest BCUT2D eigenvalue weighted by Gasteiger charge is 2.04. The van der Waals surface area contributed by atoms with Gasteiger partial charge in [-0.2, -0.15) is 0 Å². The number of aromatic nitrogens is 4. The van der Waals surface area contributed by atoms with E-state index < -0.39 is 0 Å². The van der Waals surface area contributed by atoms with Crippen LogP contribution < -0.4 is 0 Å². The average molecular weight is 256 g/mol. The zero-order valence-corrected chi connectivity index (χ0v) is 10.9. The van der Waals surface area contributed by atoms with Crippen LogP contribution in [-0.4, -0.2) is 26.2 Å². The Morgan fingerprint density at radius 2 is 1.74 bits per heavy atom. The average Bonchev–Trinajstić information content (AvgIpc) is 2.47. The quantitative estimate of drug-likeness (QED) is 0.792. The first-order valence-electron chi connectivity index (χ1n) is 6.41. The SMILES string of the molecule is CCCC(=O)CCc1ccc(-c2nncnn2)cc1. The van der Waals surface area contributed by atoms with E-state index in [0.717, 1.165) is 24.0 Å². The zero-order valence-electron chi connectivity index (χ0n) is 10.9. The molecule has 0 amide bonds. The van der Waals surface area contributed by atoms with Gasteiger partial charge < -0.3 is 0 Å². The Morgan fingerprint density at radius 1 is 1.05 bits per heavy atom. The van der Waals surface area contributed by atoms with E-state index in [-0.39, 0.29) is 0 Å². The summed E-state index contributed by atoms with van der Waals surface area (Å²) in [6, 6.07) is 7.84. The Morgan fingerprint density at radius 3 is 2.37 bits per heavy atom. The molecule has 2 rings (SSSR count). The van der Waals surface area contributed by atoms with Crippen LogP contribution in [0, 0.1) is 0 Å². The second-order valence-electron chi connectivity index (χ2n) is 4.36. The van der Waals surface area contributed by atoms with E-state index in [1.165, 1.54) is 6.33 Å². The fraction of sp³-hybridized carbons (Fsp3) is 0.357. The summed E-state index contributed by atoms with van der Waals surface area (Å²) in [5.74, 6) is 0.836. The molecule has 0 saturated carbocycles. The minimum absolute atomic E-state index is 0.325. The first-order chi connectivity index (χ1) is 9.29. The number of benzene rings is 1. The molecule has 0 bridgehead atoms. The Kier molecular flexibility index (Phi) is 4.66. The van der Waals surface area contributed by atoms with Gasteiger partial charge in [0.05, 0.1) is 0 Å². The molecule has 0 N–H and O–H groups in total. The normalized spacial score (nSPS) is 10.4. The molecule has 1 aromatic carbocycles. The minimum atomic E-state index is 0.325. The second-order valence-corrected chi connectivity index (χ2v) is 4.36.